The van der Waals surface area contributed by atoms with Crippen molar-refractivity contribution in [3.8, 4) is 0 Å². The van der Waals surface area contributed by atoms with Crippen molar-refractivity contribution in [3.05, 3.63) is 12.2 Å². The van der Waals surface area contributed by atoms with Crippen molar-refractivity contribution in [1.82, 2.24) is 0 Å². The summed E-state index contributed by atoms with van der Waals surface area (Å²) in [6.45, 7) is 8.73. The Labute approximate surface area is 75.2 Å². The van der Waals surface area contributed by atoms with Crippen LogP contribution in [-0.4, -0.2) is 11.9 Å². The zero-order valence-corrected chi connectivity index (χ0v) is 8.55. The highest BCUT2D eigenvalue weighted by Crippen LogP contribution is 2.25. The summed E-state index contributed by atoms with van der Waals surface area (Å²) in [5.41, 5.74) is 0.257. The predicted molar refractivity (Wildman–Crippen MR) is 52.3 cm³/mol. The maximum Gasteiger partial charge on any atom is 0.316 e. The largest absolute Gasteiger partial charge is 0.316 e. The van der Waals surface area contributed by atoms with Gasteiger partial charge in [0.25, 0.3) is 6.10 Å². The lowest BCUT2D eigenvalue weighted by molar-refractivity contribution is -0.522. The van der Waals surface area contributed by atoms with Gasteiger partial charge in [0.15, 0.2) is 0 Å². The summed E-state index contributed by atoms with van der Waals surface area (Å²) in [5, 5.41) is 0. The van der Waals surface area contributed by atoms with Gasteiger partial charge in [0, 0.05) is 12.5 Å². The van der Waals surface area contributed by atoms with E-state index in [-0.39, 0.29) is 5.41 Å². The van der Waals surface area contributed by atoms with E-state index in [9.17, 15) is 0 Å². The fourth-order valence-electron chi connectivity index (χ4n) is 1.43. The Morgan fingerprint density at radius 1 is 1.42 bits per heavy atom. The van der Waals surface area contributed by atoms with Crippen LogP contribution >= 0.6 is 0 Å². The molecule has 0 N–H and O–H groups in total. The summed E-state index contributed by atoms with van der Waals surface area (Å²) >= 11 is 0. The van der Waals surface area contributed by atoms with Gasteiger partial charge >= 0.3 is 5.78 Å². The first-order valence-electron chi connectivity index (χ1n) is 4.67. The Bertz CT molecular complexity index is 206. The standard InChI is InChI=1S/C11H19O/c1-9-7-5-6-8-10(12-9)11(2,3)4/h5,7,10H,6,8H2,1-4H3/q+1/t10-/m0/s1. The normalized spacial score (nSPS) is 25.0. The Balaban J connectivity index is 2.75. The third-order valence-electron chi connectivity index (χ3n) is 2.24. The van der Waals surface area contributed by atoms with Crippen molar-refractivity contribution in [2.24, 2.45) is 5.41 Å². The molecule has 0 radical (unpaired) electrons. The summed E-state index contributed by atoms with van der Waals surface area (Å²) in [5.74, 6) is 1.05. The molecule has 1 atom stereocenters. The summed E-state index contributed by atoms with van der Waals surface area (Å²) in [7, 11) is 0. The number of carbonyl (C=O) groups excluding carboxylic acids is 1. The molecule has 1 aliphatic rings. The second-order valence-corrected chi connectivity index (χ2v) is 4.56. The van der Waals surface area contributed by atoms with E-state index in [0.29, 0.717) is 6.10 Å². The first kappa shape index (κ1) is 9.50. The minimum atomic E-state index is 0.257. The molecule has 0 aliphatic carbocycles. The van der Waals surface area contributed by atoms with Crippen LogP contribution < -0.4 is 0 Å². The average molecular weight is 167 g/mol. The molecule has 0 spiro atoms. The van der Waals surface area contributed by atoms with Crippen LogP contribution in [0.4, 0.5) is 0 Å². The quantitative estimate of drug-likeness (QED) is 0.491. The van der Waals surface area contributed by atoms with Crippen LogP contribution in [0, 0.1) is 5.41 Å². The first-order valence-corrected chi connectivity index (χ1v) is 4.67. The van der Waals surface area contributed by atoms with E-state index in [1.54, 1.807) is 0 Å². The molecule has 1 nitrogen and oxygen atoms in total. The Hall–Kier alpha value is -0.590. The van der Waals surface area contributed by atoms with E-state index < -0.39 is 0 Å². The van der Waals surface area contributed by atoms with E-state index in [4.69, 9.17) is 4.42 Å². The highest BCUT2D eigenvalue weighted by atomic mass is 16.4. The van der Waals surface area contributed by atoms with Crippen LogP contribution in [-0.2, 0) is 4.42 Å². The third-order valence-corrected chi connectivity index (χ3v) is 2.24. The number of rotatable bonds is 0. The molecular formula is C11H19O+. The molecule has 68 valence electrons. The molecule has 0 fully saturated rings. The minimum absolute atomic E-state index is 0.257. The van der Waals surface area contributed by atoms with Crippen molar-refractivity contribution in [1.29, 1.82) is 0 Å². The number of ketones is 1. The van der Waals surface area contributed by atoms with E-state index in [0.717, 1.165) is 18.6 Å². The molecule has 0 saturated heterocycles. The van der Waals surface area contributed by atoms with Crippen LogP contribution in [0.15, 0.2) is 12.2 Å². The van der Waals surface area contributed by atoms with Crippen molar-refractivity contribution >= 4 is 5.78 Å². The molecule has 0 aromatic heterocycles. The fraction of sp³-hybridized carbons (Fsp3) is 0.727. The lowest BCUT2D eigenvalue weighted by Crippen LogP contribution is -2.27. The summed E-state index contributed by atoms with van der Waals surface area (Å²) in [6.07, 6.45) is 6.91. The smallest absolute Gasteiger partial charge is 0.256 e. The number of hydrogen-bond donors (Lipinski definition) is 0. The van der Waals surface area contributed by atoms with Crippen LogP contribution in [0.5, 0.6) is 0 Å². The zero-order valence-electron chi connectivity index (χ0n) is 8.55. The first-order chi connectivity index (χ1) is 5.50. The van der Waals surface area contributed by atoms with Crippen molar-refractivity contribution in [3.63, 3.8) is 0 Å². The van der Waals surface area contributed by atoms with Crippen molar-refractivity contribution in [2.45, 2.75) is 46.6 Å². The minimum Gasteiger partial charge on any atom is -0.256 e. The Kier molecular flexibility index (Phi) is 2.71. The topological polar surface area (TPSA) is 11.3 Å². The lowest BCUT2D eigenvalue weighted by Gasteiger charge is -2.17. The second kappa shape index (κ2) is 3.42. The molecule has 0 aromatic rings. The Morgan fingerprint density at radius 3 is 2.67 bits per heavy atom. The van der Waals surface area contributed by atoms with Gasteiger partial charge in [-0.15, -0.1) is 0 Å². The van der Waals surface area contributed by atoms with Crippen molar-refractivity contribution < 1.29 is 4.42 Å². The maximum atomic E-state index is 5.81. The molecule has 12 heavy (non-hydrogen) atoms. The molecule has 1 heteroatoms. The molecule has 0 bridgehead atoms. The third kappa shape index (κ3) is 2.47. The monoisotopic (exact) mass is 167 g/mol. The van der Waals surface area contributed by atoms with E-state index in [1.165, 1.54) is 0 Å². The van der Waals surface area contributed by atoms with Crippen molar-refractivity contribution in [2.75, 3.05) is 0 Å². The van der Waals surface area contributed by atoms with Gasteiger partial charge in [0.05, 0.1) is 12.3 Å². The van der Waals surface area contributed by atoms with Crippen LogP contribution in [0.3, 0.4) is 0 Å². The van der Waals surface area contributed by atoms with Gasteiger partial charge in [-0.1, -0.05) is 26.8 Å². The second-order valence-electron chi connectivity index (χ2n) is 4.56. The van der Waals surface area contributed by atoms with Gasteiger partial charge in [-0.2, -0.15) is 0 Å². The molecule has 1 aliphatic heterocycles. The lowest BCUT2D eigenvalue weighted by atomic mass is 9.86. The maximum absolute atomic E-state index is 5.81. The average Bonchev–Trinajstić information content (AvgIpc) is 2.11. The van der Waals surface area contributed by atoms with Gasteiger partial charge in [-0.3, -0.25) is 4.42 Å². The van der Waals surface area contributed by atoms with E-state index in [1.807, 2.05) is 6.92 Å². The Morgan fingerprint density at radius 2 is 2.08 bits per heavy atom. The van der Waals surface area contributed by atoms with Crippen LogP contribution in [0.1, 0.15) is 40.5 Å². The molecule has 1 heterocycles. The molecular weight excluding hydrogens is 148 g/mol. The molecule has 0 aromatic carbocycles. The zero-order chi connectivity index (χ0) is 9.19. The predicted octanol–water partition coefficient (Wildman–Crippen LogP) is 2.88. The molecule has 0 saturated carbocycles. The highest BCUT2D eigenvalue weighted by Gasteiger charge is 2.33. The fourth-order valence-corrected chi connectivity index (χ4v) is 1.43. The summed E-state index contributed by atoms with van der Waals surface area (Å²) in [6, 6.07) is 0. The van der Waals surface area contributed by atoms with E-state index >= 15 is 0 Å². The highest BCUT2D eigenvalue weighted by molar-refractivity contribution is 5.87. The van der Waals surface area contributed by atoms with Gasteiger partial charge in [-0.25, -0.2) is 0 Å². The number of allylic oxidation sites excluding steroid dienone is 2. The molecule has 1 rings (SSSR count). The summed E-state index contributed by atoms with van der Waals surface area (Å²) < 4.78 is 5.81. The van der Waals surface area contributed by atoms with Gasteiger partial charge in [0.2, 0.25) is 0 Å². The van der Waals surface area contributed by atoms with Gasteiger partial charge in [0.1, 0.15) is 0 Å². The van der Waals surface area contributed by atoms with Gasteiger partial charge < -0.3 is 0 Å². The number of hydrogen-bond acceptors (Lipinski definition) is 0. The van der Waals surface area contributed by atoms with Crippen LogP contribution in [0.2, 0.25) is 0 Å². The van der Waals surface area contributed by atoms with Gasteiger partial charge in [-0.05, 0) is 6.42 Å². The van der Waals surface area contributed by atoms with Crippen LogP contribution in [0.25, 0.3) is 0 Å². The SMILES string of the molecule is CC1=[O+][C@H](C(C)(C)C)CCC=C1. The summed E-state index contributed by atoms with van der Waals surface area (Å²) in [4.78, 5) is 0. The molecule has 0 unspecified atom stereocenters. The van der Waals surface area contributed by atoms with E-state index in [2.05, 4.69) is 32.9 Å². The molecule has 0 amide bonds.